The monoisotopic (exact) mass is 326 g/mol. The van der Waals surface area contributed by atoms with Crippen LogP contribution in [-0.4, -0.2) is 18.2 Å². The van der Waals surface area contributed by atoms with E-state index in [0.29, 0.717) is 25.0 Å². The SMILES string of the molecule is CN=C(NCc1cc(C(C)C)no1)NCc1cc2ccccc2o1. The summed E-state index contributed by atoms with van der Waals surface area (Å²) in [6.07, 6.45) is 0. The summed E-state index contributed by atoms with van der Waals surface area (Å²) in [7, 11) is 1.73. The summed E-state index contributed by atoms with van der Waals surface area (Å²) < 4.78 is 11.1. The average Bonchev–Trinajstić information content (AvgIpc) is 3.21. The van der Waals surface area contributed by atoms with Gasteiger partial charge in [0.05, 0.1) is 18.8 Å². The van der Waals surface area contributed by atoms with Gasteiger partial charge >= 0.3 is 0 Å². The van der Waals surface area contributed by atoms with Crippen LogP contribution in [0.25, 0.3) is 11.0 Å². The summed E-state index contributed by atoms with van der Waals surface area (Å²) >= 11 is 0. The van der Waals surface area contributed by atoms with Crippen LogP contribution in [0.1, 0.15) is 37.0 Å². The minimum atomic E-state index is 0.355. The van der Waals surface area contributed by atoms with Gasteiger partial charge in [0.25, 0.3) is 0 Å². The Bertz CT molecular complexity index is 799. The Morgan fingerprint density at radius 1 is 1.12 bits per heavy atom. The number of hydrogen-bond donors (Lipinski definition) is 2. The predicted octanol–water partition coefficient (Wildman–Crippen LogP) is 3.41. The zero-order chi connectivity index (χ0) is 16.9. The van der Waals surface area contributed by atoms with Gasteiger partial charge in [0.15, 0.2) is 11.7 Å². The van der Waals surface area contributed by atoms with Crippen LogP contribution in [-0.2, 0) is 13.1 Å². The van der Waals surface area contributed by atoms with Crippen LogP contribution in [0.4, 0.5) is 0 Å². The Balaban J connectivity index is 1.54. The zero-order valence-electron chi connectivity index (χ0n) is 14.2. The molecule has 0 amide bonds. The molecule has 0 aliphatic rings. The van der Waals surface area contributed by atoms with Gasteiger partial charge in [-0.05, 0) is 18.1 Å². The van der Waals surface area contributed by atoms with Crippen molar-refractivity contribution in [2.75, 3.05) is 7.05 Å². The molecule has 2 N–H and O–H groups in total. The molecule has 6 nitrogen and oxygen atoms in total. The molecule has 1 aromatic carbocycles. The molecular weight excluding hydrogens is 304 g/mol. The maximum absolute atomic E-state index is 5.78. The number of benzene rings is 1. The van der Waals surface area contributed by atoms with Crippen LogP contribution in [0.2, 0.25) is 0 Å². The van der Waals surface area contributed by atoms with Gasteiger partial charge in [-0.1, -0.05) is 37.2 Å². The first-order valence-electron chi connectivity index (χ1n) is 8.03. The maximum atomic E-state index is 5.78. The molecule has 0 fully saturated rings. The molecule has 3 aromatic rings. The topological polar surface area (TPSA) is 75.6 Å². The number of para-hydroxylation sites is 1. The van der Waals surface area contributed by atoms with Gasteiger partial charge in [-0.15, -0.1) is 0 Å². The van der Waals surface area contributed by atoms with Gasteiger partial charge in [0.1, 0.15) is 11.3 Å². The van der Waals surface area contributed by atoms with Crippen LogP contribution in [0.5, 0.6) is 0 Å². The molecule has 2 heterocycles. The smallest absolute Gasteiger partial charge is 0.191 e. The van der Waals surface area contributed by atoms with Crippen LogP contribution in [0.15, 0.2) is 50.3 Å². The summed E-state index contributed by atoms with van der Waals surface area (Å²) in [5.74, 6) is 2.68. The molecule has 0 radical (unpaired) electrons. The number of furan rings is 1. The second-order valence-corrected chi connectivity index (χ2v) is 5.90. The van der Waals surface area contributed by atoms with Crippen molar-refractivity contribution in [2.45, 2.75) is 32.9 Å². The highest BCUT2D eigenvalue weighted by molar-refractivity contribution is 5.80. The zero-order valence-corrected chi connectivity index (χ0v) is 14.2. The van der Waals surface area contributed by atoms with E-state index in [1.165, 1.54) is 0 Å². The molecule has 2 aromatic heterocycles. The van der Waals surface area contributed by atoms with E-state index >= 15 is 0 Å². The number of aliphatic imine (C=N–C) groups is 1. The van der Waals surface area contributed by atoms with Gasteiger partial charge in [0, 0.05) is 18.5 Å². The van der Waals surface area contributed by atoms with E-state index in [-0.39, 0.29) is 0 Å². The van der Waals surface area contributed by atoms with E-state index in [2.05, 4.69) is 34.6 Å². The molecule has 0 spiro atoms. The summed E-state index contributed by atoms with van der Waals surface area (Å²) in [4.78, 5) is 4.20. The Kier molecular flexibility index (Phi) is 4.84. The highest BCUT2D eigenvalue weighted by Crippen LogP contribution is 2.18. The summed E-state index contributed by atoms with van der Waals surface area (Å²) in [5.41, 5.74) is 1.84. The molecule has 6 heteroatoms. The summed E-state index contributed by atoms with van der Waals surface area (Å²) in [6.45, 7) is 5.26. The number of nitrogens with one attached hydrogen (secondary N) is 2. The number of hydrogen-bond acceptors (Lipinski definition) is 4. The Labute approximate surface area is 140 Å². The molecule has 0 bridgehead atoms. The van der Waals surface area contributed by atoms with Crippen molar-refractivity contribution in [3.8, 4) is 0 Å². The van der Waals surface area contributed by atoms with E-state index in [0.717, 1.165) is 28.2 Å². The van der Waals surface area contributed by atoms with Crippen LogP contribution < -0.4 is 10.6 Å². The lowest BCUT2D eigenvalue weighted by atomic mass is 10.1. The van der Waals surface area contributed by atoms with Crippen molar-refractivity contribution in [3.05, 3.63) is 53.6 Å². The fourth-order valence-corrected chi connectivity index (χ4v) is 2.37. The van der Waals surface area contributed by atoms with Crippen molar-refractivity contribution in [1.82, 2.24) is 15.8 Å². The fourth-order valence-electron chi connectivity index (χ4n) is 2.37. The molecule has 126 valence electrons. The lowest BCUT2D eigenvalue weighted by molar-refractivity contribution is 0.372. The molecule has 3 rings (SSSR count). The standard InChI is InChI=1S/C18H22N4O2/c1-12(2)16-9-15(24-22-16)11-21-18(19-3)20-10-14-8-13-6-4-5-7-17(13)23-14/h4-9,12H,10-11H2,1-3H3,(H2,19,20,21). The second kappa shape index (κ2) is 7.21. The first-order valence-corrected chi connectivity index (χ1v) is 8.03. The van der Waals surface area contributed by atoms with Gasteiger partial charge < -0.3 is 19.6 Å². The number of fused-ring (bicyclic) bond motifs is 1. The van der Waals surface area contributed by atoms with Crippen LogP contribution >= 0.6 is 0 Å². The Hall–Kier alpha value is -2.76. The lowest BCUT2D eigenvalue weighted by Crippen LogP contribution is -2.36. The number of guanidine groups is 1. The van der Waals surface area contributed by atoms with Gasteiger partial charge in [-0.3, -0.25) is 4.99 Å². The van der Waals surface area contributed by atoms with Crippen molar-refractivity contribution >= 4 is 16.9 Å². The first-order chi connectivity index (χ1) is 11.7. The van der Waals surface area contributed by atoms with Crippen molar-refractivity contribution in [3.63, 3.8) is 0 Å². The Morgan fingerprint density at radius 3 is 2.54 bits per heavy atom. The maximum Gasteiger partial charge on any atom is 0.191 e. The third-order valence-corrected chi connectivity index (χ3v) is 3.73. The van der Waals surface area contributed by atoms with E-state index in [1.54, 1.807) is 7.05 Å². The summed E-state index contributed by atoms with van der Waals surface area (Å²) in [5, 5.41) is 11.6. The van der Waals surface area contributed by atoms with Crippen molar-refractivity contribution in [1.29, 1.82) is 0 Å². The Morgan fingerprint density at radius 2 is 1.88 bits per heavy atom. The minimum absolute atomic E-state index is 0.355. The molecule has 0 aliphatic carbocycles. The molecule has 24 heavy (non-hydrogen) atoms. The molecule has 0 aliphatic heterocycles. The third-order valence-electron chi connectivity index (χ3n) is 3.73. The first kappa shape index (κ1) is 16.1. The normalized spacial score (nSPS) is 12.1. The number of nitrogens with zero attached hydrogens (tertiary/aromatic N) is 2. The van der Waals surface area contributed by atoms with E-state index in [4.69, 9.17) is 8.94 Å². The quantitative estimate of drug-likeness (QED) is 0.555. The molecule has 0 unspecified atom stereocenters. The molecule has 0 saturated heterocycles. The van der Waals surface area contributed by atoms with E-state index in [1.807, 2.05) is 36.4 Å². The van der Waals surface area contributed by atoms with Crippen LogP contribution in [0, 0.1) is 0 Å². The van der Waals surface area contributed by atoms with Crippen molar-refractivity contribution in [2.24, 2.45) is 4.99 Å². The van der Waals surface area contributed by atoms with Gasteiger partial charge in [-0.2, -0.15) is 0 Å². The average molecular weight is 326 g/mol. The number of rotatable bonds is 5. The number of aromatic nitrogens is 1. The second-order valence-electron chi connectivity index (χ2n) is 5.90. The molecule has 0 atom stereocenters. The van der Waals surface area contributed by atoms with Gasteiger partial charge in [0.2, 0.25) is 0 Å². The lowest BCUT2D eigenvalue weighted by Gasteiger charge is -2.09. The fraction of sp³-hybridized carbons (Fsp3) is 0.333. The minimum Gasteiger partial charge on any atom is -0.459 e. The third kappa shape index (κ3) is 3.76. The highest BCUT2D eigenvalue weighted by Gasteiger charge is 2.09. The summed E-state index contributed by atoms with van der Waals surface area (Å²) in [6, 6.07) is 11.9. The highest BCUT2D eigenvalue weighted by atomic mass is 16.5. The molecular formula is C18H22N4O2. The van der Waals surface area contributed by atoms with E-state index in [9.17, 15) is 0 Å². The molecule has 0 saturated carbocycles. The largest absolute Gasteiger partial charge is 0.459 e. The van der Waals surface area contributed by atoms with Crippen molar-refractivity contribution < 1.29 is 8.94 Å². The van der Waals surface area contributed by atoms with Crippen LogP contribution in [0.3, 0.4) is 0 Å². The predicted molar refractivity (Wildman–Crippen MR) is 93.8 cm³/mol. The van der Waals surface area contributed by atoms with E-state index < -0.39 is 0 Å². The van der Waals surface area contributed by atoms with Gasteiger partial charge in [-0.25, -0.2) is 0 Å².